The Morgan fingerprint density at radius 1 is 1.50 bits per heavy atom. The first-order chi connectivity index (χ1) is 3.93. The van der Waals surface area contributed by atoms with Crippen LogP contribution in [0.5, 0.6) is 0 Å². The Morgan fingerprint density at radius 3 is 2.75 bits per heavy atom. The lowest BCUT2D eigenvalue weighted by atomic mass is 10.7. The van der Waals surface area contributed by atoms with Crippen LogP contribution in [-0.4, -0.2) is 9.97 Å². The summed E-state index contributed by atoms with van der Waals surface area (Å²) in [6.07, 6.45) is 4.19. The number of hydrogen-bond donors (Lipinski definition) is 0. The molecule has 0 aliphatic rings. The number of hydrogen-bond acceptors (Lipinski definition) is 4. The number of aromatic nitrogens is 2. The van der Waals surface area contributed by atoms with Gasteiger partial charge in [0.25, 0.3) is 0 Å². The first-order valence-corrected chi connectivity index (χ1v) is 2.03. The second-order valence-electron chi connectivity index (χ2n) is 1.15. The van der Waals surface area contributed by atoms with Gasteiger partial charge >= 0.3 is 0 Å². The van der Waals surface area contributed by atoms with E-state index < -0.39 is 0 Å². The fourth-order valence-electron chi connectivity index (χ4n) is 0.338. The monoisotopic (exact) mass is 109 g/mol. The molecule has 1 aromatic heterocycles. The quantitative estimate of drug-likeness (QED) is 0.503. The maximum Gasteiger partial charge on any atom is 0.214 e. The zero-order valence-corrected chi connectivity index (χ0v) is 3.98. The van der Waals surface area contributed by atoms with Gasteiger partial charge in [0.1, 0.15) is 0 Å². The number of nitroso groups, excluding NO2 is 1. The molecule has 1 rings (SSSR count). The van der Waals surface area contributed by atoms with E-state index in [2.05, 4.69) is 15.1 Å². The molecule has 0 aliphatic heterocycles. The van der Waals surface area contributed by atoms with Gasteiger partial charge in [0, 0.05) is 12.4 Å². The molecule has 0 radical (unpaired) electrons. The Bertz CT molecular complexity index is 174. The smallest absolute Gasteiger partial charge is 0.214 e. The van der Waals surface area contributed by atoms with Gasteiger partial charge in [-0.1, -0.05) is 0 Å². The van der Waals surface area contributed by atoms with E-state index in [0.717, 1.165) is 0 Å². The summed E-state index contributed by atoms with van der Waals surface area (Å²) in [5, 5.41) is 2.55. The standard InChI is InChI=1S/C4H3N3O/c8-7-4-3-5-1-2-6-4/h1-3H. The van der Waals surface area contributed by atoms with E-state index in [1.54, 1.807) is 0 Å². The predicted molar refractivity (Wildman–Crippen MR) is 27.5 cm³/mol. The summed E-state index contributed by atoms with van der Waals surface area (Å²) >= 11 is 0. The summed E-state index contributed by atoms with van der Waals surface area (Å²) < 4.78 is 0. The van der Waals surface area contributed by atoms with Crippen LogP contribution in [0.1, 0.15) is 0 Å². The van der Waals surface area contributed by atoms with E-state index in [0.29, 0.717) is 0 Å². The highest BCUT2D eigenvalue weighted by Crippen LogP contribution is 1.98. The topological polar surface area (TPSA) is 55.2 Å². The van der Waals surface area contributed by atoms with E-state index in [4.69, 9.17) is 0 Å². The lowest BCUT2D eigenvalue weighted by Crippen LogP contribution is -1.71. The minimum atomic E-state index is 0.118. The average Bonchev–Trinajstić information content (AvgIpc) is 1.90. The SMILES string of the molecule is O=Nc1cnccn1. The van der Waals surface area contributed by atoms with Crippen molar-refractivity contribution in [3.8, 4) is 0 Å². The third kappa shape index (κ3) is 0.841. The van der Waals surface area contributed by atoms with Crippen LogP contribution in [0.3, 0.4) is 0 Å². The molecule has 0 fully saturated rings. The molecule has 0 N–H and O–H groups in total. The number of nitrogens with zero attached hydrogens (tertiary/aromatic N) is 3. The molecule has 0 saturated heterocycles. The second kappa shape index (κ2) is 2.11. The molecule has 4 nitrogen and oxygen atoms in total. The molecule has 1 aromatic rings. The minimum Gasteiger partial charge on any atom is -0.259 e. The van der Waals surface area contributed by atoms with Gasteiger partial charge in [-0.3, -0.25) is 4.98 Å². The fourth-order valence-corrected chi connectivity index (χ4v) is 0.338. The molecule has 8 heavy (non-hydrogen) atoms. The van der Waals surface area contributed by atoms with Crippen molar-refractivity contribution in [2.24, 2.45) is 5.18 Å². The van der Waals surface area contributed by atoms with E-state index >= 15 is 0 Å². The van der Waals surface area contributed by atoms with Crippen molar-refractivity contribution in [1.82, 2.24) is 9.97 Å². The highest BCUT2D eigenvalue weighted by molar-refractivity contribution is 5.19. The Morgan fingerprint density at radius 2 is 2.38 bits per heavy atom. The Labute approximate surface area is 45.6 Å². The predicted octanol–water partition coefficient (Wildman–Crippen LogP) is 0.875. The van der Waals surface area contributed by atoms with Crippen molar-refractivity contribution < 1.29 is 0 Å². The Hall–Kier alpha value is -1.32. The van der Waals surface area contributed by atoms with Crippen LogP contribution >= 0.6 is 0 Å². The lowest BCUT2D eigenvalue weighted by molar-refractivity contribution is 1.17. The summed E-state index contributed by atoms with van der Waals surface area (Å²) in [4.78, 5) is 16.8. The van der Waals surface area contributed by atoms with Crippen molar-refractivity contribution in [3.63, 3.8) is 0 Å². The molecule has 0 saturated carbocycles. The average molecular weight is 109 g/mol. The molecule has 0 spiro atoms. The first-order valence-electron chi connectivity index (χ1n) is 2.03. The Kier molecular flexibility index (Phi) is 1.27. The van der Waals surface area contributed by atoms with Crippen LogP contribution < -0.4 is 0 Å². The fraction of sp³-hybridized carbons (Fsp3) is 0. The van der Waals surface area contributed by atoms with Crippen molar-refractivity contribution in [3.05, 3.63) is 23.5 Å². The summed E-state index contributed by atoms with van der Waals surface area (Å²) in [7, 11) is 0. The van der Waals surface area contributed by atoms with E-state index in [1.165, 1.54) is 18.6 Å². The molecule has 4 heteroatoms. The van der Waals surface area contributed by atoms with Crippen molar-refractivity contribution in [1.29, 1.82) is 0 Å². The van der Waals surface area contributed by atoms with Crippen LogP contribution in [0.15, 0.2) is 23.8 Å². The Balaban J connectivity index is 2.99. The third-order valence-electron chi connectivity index (χ3n) is 0.643. The summed E-state index contributed by atoms with van der Waals surface area (Å²) in [6.45, 7) is 0. The molecule has 40 valence electrons. The molecule has 0 unspecified atom stereocenters. The van der Waals surface area contributed by atoms with E-state index in [-0.39, 0.29) is 5.82 Å². The molecule has 0 aromatic carbocycles. The highest BCUT2D eigenvalue weighted by atomic mass is 16.3. The lowest BCUT2D eigenvalue weighted by Gasteiger charge is -1.79. The molecule has 0 aliphatic carbocycles. The molecular formula is C4H3N3O. The van der Waals surface area contributed by atoms with Gasteiger partial charge in [-0.25, -0.2) is 4.98 Å². The summed E-state index contributed by atoms with van der Waals surface area (Å²) in [6, 6.07) is 0. The normalized spacial score (nSPS) is 8.50. The van der Waals surface area contributed by atoms with Gasteiger partial charge in [0.05, 0.1) is 6.20 Å². The largest absolute Gasteiger partial charge is 0.259 e. The third-order valence-corrected chi connectivity index (χ3v) is 0.643. The van der Waals surface area contributed by atoms with Gasteiger partial charge in [0.15, 0.2) is 0 Å². The first kappa shape index (κ1) is 4.83. The van der Waals surface area contributed by atoms with Crippen LogP contribution in [0.4, 0.5) is 5.82 Å². The highest BCUT2D eigenvalue weighted by Gasteiger charge is 1.84. The van der Waals surface area contributed by atoms with Crippen LogP contribution in [-0.2, 0) is 0 Å². The van der Waals surface area contributed by atoms with Gasteiger partial charge < -0.3 is 0 Å². The van der Waals surface area contributed by atoms with Gasteiger partial charge in [0.2, 0.25) is 5.82 Å². The van der Waals surface area contributed by atoms with Crippen molar-refractivity contribution in [2.45, 2.75) is 0 Å². The van der Waals surface area contributed by atoms with Crippen molar-refractivity contribution >= 4 is 5.82 Å². The summed E-state index contributed by atoms with van der Waals surface area (Å²) in [5.41, 5.74) is 0. The molecule has 0 atom stereocenters. The maximum atomic E-state index is 9.65. The summed E-state index contributed by atoms with van der Waals surface area (Å²) in [5.74, 6) is 0.118. The number of rotatable bonds is 1. The van der Waals surface area contributed by atoms with Crippen LogP contribution in [0, 0.1) is 4.91 Å². The molecule has 0 amide bonds. The van der Waals surface area contributed by atoms with Crippen LogP contribution in [0.2, 0.25) is 0 Å². The van der Waals surface area contributed by atoms with Crippen molar-refractivity contribution in [2.75, 3.05) is 0 Å². The molecule has 1 heterocycles. The zero-order chi connectivity index (χ0) is 5.82. The minimum absolute atomic E-state index is 0.118. The van der Waals surface area contributed by atoms with Gasteiger partial charge in [-0.2, -0.15) is 0 Å². The maximum absolute atomic E-state index is 9.65. The zero-order valence-electron chi connectivity index (χ0n) is 3.98. The second-order valence-corrected chi connectivity index (χ2v) is 1.15. The molecular weight excluding hydrogens is 106 g/mol. The van der Waals surface area contributed by atoms with E-state index in [1.807, 2.05) is 0 Å². The van der Waals surface area contributed by atoms with Crippen LogP contribution in [0.25, 0.3) is 0 Å². The van der Waals surface area contributed by atoms with Gasteiger partial charge in [-0.05, 0) is 5.18 Å². The van der Waals surface area contributed by atoms with Gasteiger partial charge in [-0.15, -0.1) is 4.91 Å². The molecule has 0 bridgehead atoms. The van der Waals surface area contributed by atoms with E-state index in [9.17, 15) is 4.91 Å².